The summed E-state index contributed by atoms with van der Waals surface area (Å²) in [6.45, 7) is 0.238. The van der Waals surface area contributed by atoms with Gasteiger partial charge in [-0.05, 0) is 36.4 Å². The first-order valence-electron chi connectivity index (χ1n) is 7.70. The monoisotopic (exact) mass is 476 g/mol. The van der Waals surface area contributed by atoms with Crippen LogP contribution in [0.5, 0.6) is 0 Å². The molecule has 2 aromatic carbocycles. The van der Waals surface area contributed by atoms with Gasteiger partial charge in [-0.2, -0.15) is 0 Å². The first-order valence-corrected chi connectivity index (χ1v) is 9.28. The maximum atomic E-state index is 12.3. The van der Waals surface area contributed by atoms with Crippen molar-refractivity contribution >= 4 is 66.6 Å². The third-order valence-corrected chi connectivity index (χ3v) is 5.40. The zero-order valence-corrected chi connectivity index (χ0v) is 16.3. The van der Waals surface area contributed by atoms with Crippen LogP contribution in [0.4, 0.5) is 11.4 Å². The van der Waals surface area contributed by atoms with Crippen molar-refractivity contribution in [3.05, 3.63) is 56.5 Å². The minimum absolute atomic E-state index is 0.119. The van der Waals surface area contributed by atoms with Crippen molar-refractivity contribution in [1.82, 2.24) is 0 Å². The van der Waals surface area contributed by atoms with Crippen molar-refractivity contribution in [1.29, 1.82) is 0 Å². The van der Waals surface area contributed by atoms with Crippen molar-refractivity contribution in [2.75, 3.05) is 22.9 Å². The minimum atomic E-state index is -0.632. The number of ketones is 2. The summed E-state index contributed by atoms with van der Waals surface area (Å²) in [5.41, 5.74) is 1.68. The zero-order valence-electron chi connectivity index (χ0n) is 13.2. The van der Waals surface area contributed by atoms with Gasteiger partial charge in [-0.15, -0.1) is 0 Å². The second kappa shape index (κ2) is 6.14. The quantitative estimate of drug-likeness (QED) is 0.637. The van der Waals surface area contributed by atoms with Crippen molar-refractivity contribution in [3.8, 4) is 0 Å². The minimum Gasteiger partial charge on any atom is -0.303 e. The number of benzene rings is 2. The van der Waals surface area contributed by atoms with Gasteiger partial charge in [-0.3, -0.25) is 19.2 Å². The molecule has 0 unspecified atom stereocenters. The summed E-state index contributed by atoms with van der Waals surface area (Å²) >= 11 is 6.57. The van der Waals surface area contributed by atoms with E-state index in [1.54, 1.807) is 36.4 Å². The summed E-state index contributed by atoms with van der Waals surface area (Å²) in [5, 5.41) is 0. The Balaban J connectivity index is 1.61. The van der Waals surface area contributed by atoms with E-state index in [1.165, 1.54) is 9.80 Å². The summed E-state index contributed by atoms with van der Waals surface area (Å²) < 4.78 is 1.41. The van der Waals surface area contributed by atoms with Gasteiger partial charge in [0.2, 0.25) is 0 Å². The molecule has 0 atom stereocenters. The lowest BCUT2D eigenvalue weighted by molar-refractivity contribution is -0.115. The van der Waals surface area contributed by atoms with Crippen LogP contribution in [-0.2, 0) is 9.59 Å². The molecule has 0 saturated heterocycles. The third kappa shape index (κ3) is 2.52. The molecule has 2 aliphatic rings. The molecule has 26 heavy (non-hydrogen) atoms. The molecule has 2 amide bonds. The Morgan fingerprint density at radius 1 is 0.654 bits per heavy atom. The molecule has 2 heterocycles. The van der Waals surface area contributed by atoms with E-state index in [4.69, 9.17) is 0 Å². The molecule has 2 aliphatic heterocycles. The van der Waals surface area contributed by atoms with Crippen LogP contribution in [-0.4, -0.2) is 36.5 Å². The number of rotatable bonds is 3. The highest BCUT2D eigenvalue weighted by Crippen LogP contribution is 2.33. The van der Waals surface area contributed by atoms with Crippen LogP contribution < -0.4 is 9.80 Å². The van der Waals surface area contributed by atoms with Gasteiger partial charge in [0.05, 0.1) is 22.5 Å². The van der Waals surface area contributed by atoms with E-state index in [-0.39, 0.29) is 13.1 Å². The number of nitrogens with zero attached hydrogens (tertiary/aromatic N) is 2. The number of Topliss-reactive ketones (excluding diaryl/α,β-unsaturated/α-hetero) is 2. The van der Waals surface area contributed by atoms with E-state index >= 15 is 0 Å². The summed E-state index contributed by atoms with van der Waals surface area (Å²) in [4.78, 5) is 51.6. The van der Waals surface area contributed by atoms with Gasteiger partial charge in [0.15, 0.2) is 0 Å². The number of hydrogen-bond acceptors (Lipinski definition) is 4. The summed E-state index contributed by atoms with van der Waals surface area (Å²) in [6, 6.07) is 10.1. The van der Waals surface area contributed by atoms with E-state index in [0.29, 0.717) is 31.4 Å². The van der Waals surface area contributed by atoms with E-state index in [2.05, 4.69) is 31.9 Å². The molecule has 0 aromatic heterocycles. The van der Waals surface area contributed by atoms with Crippen LogP contribution in [0.3, 0.4) is 0 Å². The molecule has 130 valence electrons. The van der Waals surface area contributed by atoms with Gasteiger partial charge in [-0.1, -0.05) is 31.9 Å². The number of anilines is 2. The van der Waals surface area contributed by atoms with Gasteiger partial charge >= 0.3 is 0 Å². The lowest BCUT2D eigenvalue weighted by atomic mass is 10.1. The summed E-state index contributed by atoms with van der Waals surface area (Å²) in [7, 11) is 0. The lowest BCUT2D eigenvalue weighted by Crippen LogP contribution is -2.40. The van der Waals surface area contributed by atoms with Crippen molar-refractivity contribution in [2.24, 2.45) is 0 Å². The first-order chi connectivity index (χ1) is 12.4. The predicted octanol–water partition coefficient (Wildman–Crippen LogP) is 2.97. The SMILES string of the molecule is O=C1C(=O)N(CCN2C(=O)C(=O)c3cc(Br)ccc32)c2ccc(Br)cc21. The molecule has 4 rings (SSSR count). The van der Waals surface area contributed by atoms with Crippen molar-refractivity contribution in [2.45, 2.75) is 0 Å². The smallest absolute Gasteiger partial charge is 0.299 e. The number of halogens is 2. The van der Waals surface area contributed by atoms with Crippen LogP contribution in [0.1, 0.15) is 20.7 Å². The van der Waals surface area contributed by atoms with Crippen molar-refractivity contribution in [3.63, 3.8) is 0 Å². The Hall–Kier alpha value is -2.32. The van der Waals surface area contributed by atoms with Crippen LogP contribution in [0.25, 0.3) is 0 Å². The summed E-state index contributed by atoms with van der Waals surface area (Å²) in [5.74, 6) is -2.41. The molecule has 6 nitrogen and oxygen atoms in total. The molecule has 0 N–H and O–H groups in total. The van der Waals surface area contributed by atoms with Gasteiger partial charge in [-0.25, -0.2) is 0 Å². The van der Waals surface area contributed by atoms with Crippen LogP contribution >= 0.6 is 31.9 Å². The average Bonchev–Trinajstić information content (AvgIpc) is 2.99. The molecule has 0 spiro atoms. The highest BCUT2D eigenvalue weighted by Gasteiger charge is 2.39. The Labute approximate surface area is 165 Å². The fourth-order valence-electron chi connectivity index (χ4n) is 3.19. The van der Waals surface area contributed by atoms with Gasteiger partial charge in [0.25, 0.3) is 23.4 Å². The highest BCUT2D eigenvalue weighted by molar-refractivity contribution is 9.10. The zero-order chi connectivity index (χ0) is 18.6. The maximum Gasteiger partial charge on any atom is 0.299 e. The molecule has 0 aliphatic carbocycles. The first kappa shape index (κ1) is 17.1. The Morgan fingerprint density at radius 3 is 1.42 bits per heavy atom. The number of carbonyl (C=O) groups excluding carboxylic acids is 4. The van der Waals surface area contributed by atoms with Crippen molar-refractivity contribution < 1.29 is 19.2 Å². The molecule has 0 saturated carbocycles. The Morgan fingerprint density at radius 2 is 1.04 bits per heavy atom. The van der Waals surface area contributed by atoms with Gasteiger partial charge < -0.3 is 9.80 Å². The fourth-order valence-corrected chi connectivity index (χ4v) is 3.91. The average molecular weight is 478 g/mol. The maximum absolute atomic E-state index is 12.3. The predicted molar refractivity (Wildman–Crippen MR) is 102 cm³/mol. The van der Waals surface area contributed by atoms with E-state index in [1.807, 2.05) is 0 Å². The van der Waals surface area contributed by atoms with Gasteiger partial charge in [0, 0.05) is 22.0 Å². The Kier molecular flexibility index (Phi) is 4.04. The standard InChI is InChI=1S/C18H10Br2N2O4/c19-9-1-3-13-11(7-9)15(23)17(25)21(13)5-6-22-14-4-2-10(20)8-12(14)16(24)18(22)26/h1-4,7-8H,5-6H2. The normalized spacial score (nSPS) is 15.8. The molecular formula is C18H10Br2N2O4. The van der Waals surface area contributed by atoms with E-state index in [9.17, 15) is 19.2 Å². The number of hydrogen-bond donors (Lipinski definition) is 0. The molecule has 2 aromatic rings. The fraction of sp³-hybridized carbons (Fsp3) is 0.111. The second-order valence-electron chi connectivity index (χ2n) is 5.89. The summed E-state index contributed by atoms with van der Waals surface area (Å²) in [6.07, 6.45) is 0. The Bertz CT molecular complexity index is 937. The van der Waals surface area contributed by atoms with Crippen LogP contribution in [0, 0.1) is 0 Å². The molecular weight excluding hydrogens is 468 g/mol. The number of carbonyl (C=O) groups is 4. The largest absolute Gasteiger partial charge is 0.303 e. The molecule has 8 heteroatoms. The number of amides is 2. The van der Waals surface area contributed by atoms with Gasteiger partial charge in [0.1, 0.15) is 0 Å². The lowest BCUT2D eigenvalue weighted by Gasteiger charge is -2.22. The third-order valence-electron chi connectivity index (χ3n) is 4.41. The van der Waals surface area contributed by atoms with Crippen LogP contribution in [0.15, 0.2) is 45.3 Å². The van der Waals surface area contributed by atoms with Crippen LogP contribution in [0.2, 0.25) is 0 Å². The van der Waals surface area contributed by atoms with E-state index in [0.717, 1.165) is 0 Å². The molecule has 0 fully saturated rings. The number of fused-ring (bicyclic) bond motifs is 2. The van der Waals surface area contributed by atoms with E-state index < -0.39 is 23.4 Å². The molecule has 0 bridgehead atoms. The molecule has 0 radical (unpaired) electrons. The highest BCUT2D eigenvalue weighted by atomic mass is 79.9. The second-order valence-corrected chi connectivity index (χ2v) is 7.73. The topological polar surface area (TPSA) is 74.8 Å².